The first-order valence-corrected chi connectivity index (χ1v) is 7.31. The number of azide groups is 1. The molecule has 0 bridgehead atoms. The smallest absolute Gasteiger partial charge is 0.332 e. The summed E-state index contributed by atoms with van der Waals surface area (Å²) >= 11 is 0. The topological polar surface area (TPSA) is 122 Å². The van der Waals surface area contributed by atoms with Crippen LogP contribution in [0, 0.1) is 6.92 Å². The summed E-state index contributed by atoms with van der Waals surface area (Å²) in [4.78, 5) is 25.2. The second kappa shape index (κ2) is 8.33. The van der Waals surface area contributed by atoms with E-state index in [4.69, 9.17) is 20.1 Å². The lowest BCUT2D eigenvalue weighted by molar-refractivity contribution is -0.160. The lowest BCUT2D eigenvalue weighted by Gasteiger charge is -2.19. The Hall–Kier alpha value is -2.57. The number of carbonyl (C=O) groups is 2. The zero-order chi connectivity index (χ0) is 18.3. The second-order valence-electron chi connectivity index (χ2n) is 6.24. The van der Waals surface area contributed by atoms with Gasteiger partial charge in [-0.15, -0.1) is 0 Å². The van der Waals surface area contributed by atoms with Crippen LogP contribution >= 0.6 is 0 Å². The lowest BCUT2D eigenvalue weighted by atomic mass is 10.0. The second-order valence-corrected chi connectivity index (χ2v) is 6.24. The number of ether oxygens (including phenoxy) is 2. The normalized spacial score (nSPS) is 10.8. The van der Waals surface area contributed by atoms with E-state index in [9.17, 15) is 9.59 Å². The molecule has 8 heteroatoms. The summed E-state index contributed by atoms with van der Waals surface area (Å²) in [6.07, 6.45) is -0.201. The maximum Gasteiger partial charge on any atom is 0.332 e. The predicted octanol–water partition coefficient (Wildman–Crippen LogP) is 3.42. The molecule has 1 N–H and O–H groups in total. The number of carbonyl (C=O) groups excluding carboxylic acids is 1. The van der Waals surface area contributed by atoms with Gasteiger partial charge in [0.1, 0.15) is 12.2 Å². The Labute approximate surface area is 140 Å². The minimum Gasteiger partial charge on any atom is -0.481 e. The molecule has 0 atom stereocenters. The molecule has 0 heterocycles. The van der Waals surface area contributed by atoms with Gasteiger partial charge < -0.3 is 14.6 Å². The highest BCUT2D eigenvalue weighted by molar-refractivity contribution is 5.72. The summed E-state index contributed by atoms with van der Waals surface area (Å²) < 4.78 is 10.5. The van der Waals surface area contributed by atoms with E-state index in [1.165, 1.54) is 6.07 Å². The maximum absolute atomic E-state index is 11.6. The van der Waals surface area contributed by atoms with Gasteiger partial charge in [-0.2, -0.15) is 0 Å². The minimum atomic E-state index is -0.994. The van der Waals surface area contributed by atoms with Crippen molar-refractivity contribution in [2.24, 2.45) is 5.11 Å². The van der Waals surface area contributed by atoms with E-state index < -0.39 is 17.5 Å². The molecule has 130 valence electrons. The standard InChI is InChI=1S/C16H21N3O5/c1-10-12(8-23-9-15(22)24-16(2,3)4)5-11(7-14(20)21)6-13(10)18-19-17/h5-6H,7-9H2,1-4H3,(H,20,21). The van der Waals surface area contributed by atoms with Crippen LogP contribution in [-0.4, -0.2) is 29.3 Å². The molecule has 0 aliphatic carbocycles. The molecule has 24 heavy (non-hydrogen) atoms. The van der Waals surface area contributed by atoms with E-state index in [1.807, 2.05) is 0 Å². The zero-order valence-electron chi connectivity index (χ0n) is 14.2. The van der Waals surface area contributed by atoms with Crippen molar-refractivity contribution < 1.29 is 24.2 Å². The van der Waals surface area contributed by atoms with Crippen LogP contribution in [0.15, 0.2) is 17.2 Å². The SMILES string of the molecule is Cc1c(COCC(=O)OC(C)(C)C)cc(CC(=O)O)cc1N=[N+]=[N-]. The molecule has 1 aromatic carbocycles. The number of rotatable bonds is 7. The summed E-state index contributed by atoms with van der Waals surface area (Å²) in [6.45, 7) is 6.87. The van der Waals surface area contributed by atoms with Crippen LogP contribution < -0.4 is 0 Å². The van der Waals surface area contributed by atoms with Crippen molar-refractivity contribution in [1.29, 1.82) is 0 Å². The van der Waals surface area contributed by atoms with Crippen LogP contribution in [0.4, 0.5) is 5.69 Å². The van der Waals surface area contributed by atoms with Gasteiger partial charge in [0.2, 0.25) is 0 Å². The summed E-state index contributed by atoms with van der Waals surface area (Å²) in [5.74, 6) is -1.48. The Balaban J connectivity index is 2.86. The summed E-state index contributed by atoms with van der Waals surface area (Å²) in [7, 11) is 0. The number of esters is 1. The third kappa shape index (κ3) is 6.68. The maximum atomic E-state index is 11.6. The van der Waals surface area contributed by atoms with Crippen molar-refractivity contribution in [2.75, 3.05) is 6.61 Å². The van der Waals surface area contributed by atoms with Crippen LogP contribution in [0.1, 0.15) is 37.5 Å². The molecular formula is C16H21N3O5. The Bertz CT molecular complexity index is 673. The molecule has 1 rings (SSSR count). The summed E-state index contributed by atoms with van der Waals surface area (Å²) in [5, 5.41) is 12.5. The number of nitrogens with zero attached hydrogens (tertiary/aromatic N) is 3. The zero-order valence-corrected chi connectivity index (χ0v) is 14.2. The molecule has 0 saturated carbocycles. The van der Waals surface area contributed by atoms with E-state index in [0.29, 0.717) is 22.4 Å². The average molecular weight is 335 g/mol. The third-order valence-electron chi connectivity index (χ3n) is 2.95. The number of benzene rings is 1. The van der Waals surface area contributed by atoms with Crippen LogP contribution in [-0.2, 0) is 32.1 Å². The highest BCUT2D eigenvalue weighted by atomic mass is 16.6. The van der Waals surface area contributed by atoms with Gasteiger partial charge in [0.25, 0.3) is 0 Å². The molecule has 0 spiro atoms. The summed E-state index contributed by atoms with van der Waals surface area (Å²) in [5.41, 5.74) is 10.2. The van der Waals surface area contributed by atoms with Gasteiger partial charge in [-0.25, -0.2) is 4.79 Å². The third-order valence-corrected chi connectivity index (χ3v) is 2.95. The first kappa shape index (κ1) is 19.5. The average Bonchev–Trinajstić information content (AvgIpc) is 2.41. The van der Waals surface area contributed by atoms with Crippen molar-refractivity contribution in [3.05, 3.63) is 39.3 Å². The molecule has 0 unspecified atom stereocenters. The van der Waals surface area contributed by atoms with Crippen LogP contribution in [0.5, 0.6) is 0 Å². The highest BCUT2D eigenvalue weighted by Crippen LogP contribution is 2.26. The lowest BCUT2D eigenvalue weighted by Crippen LogP contribution is -2.26. The van der Waals surface area contributed by atoms with Crippen molar-refractivity contribution >= 4 is 17.6 Å². The van der Waals surface area contributed by atoms with Gasteiger partial charge in [-0.1, -0.05) is 11.2 Å². The molecule has 8 nitrogen and oxygen atoms in total. The number of carboxylic acids is 1. The molecule has 1 aromatic rings. The molecule has 0 fully saturated rings. The molecule has 0 aromatic heterocycles. The molecule has 0 aliphatic rings. The number of hydrogen-bond donors (Lipinski definition) is 1. The largest absolute Gasteiger partial charge is 0.481 e. The van der Waals surface area contributed by atoms with Gasteiger partial charge in [0.15, 0.2) is 0 Å². The fraction of sp³-hybridized carbons (Fsp3) is 0.500. The number of aliphatic carboxylic acids is 1. The molecular weight excluding hydrogens is 314 g/mol. The molecule has 0 saturated heterocycles. The quantitative estimate of drug-likeness (QED) is 0.354. The Morgan fingerprint density at radius 3 is 2.54 bits per heavy atom. The molecule has 0 aliphatic heterocycles. The number of carboxylic acid groups (broad SMARTS) is 1. The summed E-state index contributed by atoms with van der Waals surface area (Å²) in [6, 6.07) is 3.19. The molecule has 0 amide bonds. The fourth-order valence-electron chi connectivity index (χ4n) is 2.02. The number of hydrogen-bond acceptors (Lipinski definition) is 5. The highest BCUT2D eigenvalue weighted by Gasteiger charge is 2.16. The van der Waals surface area contributed by atoms with Gasteiger partial charge >= 0.3 is 11.9 Å². The van der Waals surface area contributed by atoms with Crippen molar-refractivity contribution in [1.82, 2.24) is 0 Å². The Kier molecular flexibility index (Phi) is 6.76. The Morgan fingerprint density at radius 2 is 2.00 bits per heavy atom. The van der Waals surface area contributed by atoms with E-state index in [1.54, 1.807) is 33.8 Å². The minimum absolute atomic E-state index is 0.0759. The molecule has 0 radical (unpaired) electrons. The first-order chi connectivity index (χ1) is 11.1. The predicted molar refractivity (Wildman–Crippen MR) is 86.8 cm³/mol. The van der Waals surface area contributed by atoms with Crippen molar-refractivity contribution in [3.63, 3.8) is 0 Å². The van der Waals surface area contributed by atoms with Crippen molar-refractivity contribution in [3.8, 4) is 0 Å². The first-order valence-electron chi connectivity index (χ1n) is 7.31. The fourth-order valence-corrected chi connectivity index (χ4v) is 2.02. The van der Waals surface area contributed by atoms with Crippen LogP contribution in [0.25, 0.3) is 10.4 Å². The van der Waals surface area contributed by atoms with Gasteiger partial charge in [-0.05, 0) is 56.0 Å². The van der Waals surface area contributed by atoms with Gasteiger partial charge in [-0.3, -0.25) is 4.79 Å². The van der Waals surface area contributed by atoms with Crippen molar-refractivity contribution in [2.45, 2.75) is 46.3 Å². The van der Waals surface area contributed by atoms with Crippen LogP contribution in [0.3, 0.4) is 0 Å². The van der Waals surface area contributed by atoms with Crippen LogP contribution in [0.2, 0.25) is 0 Å². The Morgan fingerprint density at radius 1 is 1.33 bits per heavy atom. The van der Waals surface area contributed by atoms with Gasteiger partial charge in [0, 0.05) is 10.6 Å². The van der Waals surface area contributed by atoms with Gasteiger partial charge in [0.05, 0.1) is 13.0 Å². The van der Waals surface area contributed by atoms with E-state index in [2.05, 4.69) is 10.0 Å². The van der Waals surface area contributed by atoms with E-state index in [0.717, 1.165) is 0 Å². The van der Waals surface area contributed by atoms with E-state index in [-0.39, 0.29) is 19.6 Å². The monoisotopic (exact) mass is 335 g/mol. The van der Waals surface area contributed by atoms with E-state index >= 15 is 0 Å².